The number of fused-ring (bicyclic) bond motifs is 1. The van der Waals surface area contributed by atoms with E-state index in [1.807, 2.05) is 16.8 Å². The molecule has 0 aliphatic carbocycles. The van der Waals surface area contributed by atoms with Crippen LogP contribution < -0.4 is 10.1 Å². The molecule has 0 bridgehead atoms. The summed E-state index contributed by atoms with van der Waals surface area (Å²) < 4.78 is 13.1. The van der Waals surface area contributed by atoms with E-state index in [0.717, 1.165) is 11.0 Å². The van der Waals surface area contributed by atoms with Crippen LogP contribution in [0.1, 0.15) is 10.4 Å². The van der Waals surface area contributed by atoms with Crippen LogP contribution in [0.15, 0.2) is 61.1 Å². The number of aromatic nitrogens is 3. The Hall–Kier alpha value is -3.37. The molecule has 178 valence electrons. The maximum absolute atomic E-state index is 11.0. The zero-order valence-corrected chi connectivity index (χ0v) is 19.4. The van der Waals surface area contributed by atoms with Crippen molar-refractivity contribution < 1.29 is 24.5 Å². The van der Waals surface area contributed by atoms with Gasteiger partial charge in [-0.05, 0) is 48.5 Å². The summed E-state index contributed by atoms with van der Waals surface area (Å²) >= 11 is 6.42. The fraction of sp³-hybridized carbons (Fsp3) is 0.174. The highest BCUT2D eigenvalue weighted by Gasteiger charge is 2.12. The second-order valence-electron chi connectivity index (χ2n) is 7.00. The predicted octanol–water partition coefficient (Wildman–Crippen LogP) is 4.75. The SMILES string of the molecule is Cl.O=C(O)c1ccc(Oc2ccc(Nc3ncnc4ccn(CCOCCO)c34)cc2Cl)cc1. The summed E-state index contributed by atoms with van der Waals surface area (Å²) in [5.41, 5.74) is 2.48. The molecular weight excluding hydrogens is 483 g/mol. The molecule has 0 amide bonds. The van der Waals surface area contributed by atoms with Gasteiger partial charge in [-0.2, -0.15) is 0 Å². The molecule has 0 spiro atoms. The van der Waals surface area contributed by atoms with Gasteiger partial charge in [0.2, 0.25) is 0 Å². The molecule has 34 heavy (non-hydrogen) atoms. The summed E-state index contributed by atoms with van der Waals surface area (Å²) in [5, 5.41) is 21.5. The third kappa shape index (κ3) is 5.95. The van der Waals surface area contributed by atoms with Gasteiger partial charge in [-0.3, -0.25) is 0 Å². The second-order valence-corrected chi connectivity index (χ2v) is 7.41. The molecule has 11 heteroatoms. The fourth-order valence-electron chi connectivity index (χ4n) is 3.23. The normalized spacial score (nSPS) is 10.6. The highest BCUT2D eigenvalue weighted by Crippen LogP contribution is 2.33. The number of carboxylic acid groups (broad SMARTS) is 1. The minimum absolute atomic E-state index is 0. The lowest BCUT2D eigenvalue weighted by atomic mass is 10.2. The van der Waals surface area contributed by atoms with Gasteiger partial charge < -0.3 is 29.6 Å². The molecule has 0 saturated carbocycles. The Bertz CT molecular complexity index is 1260. The van der Waals surface area contributed by atoms with Crippen molar-refractivity contribution in [1.29, 1.82) is 0 Å². The van der Waals surface area contributed by atoms with Crippen molar-refractivity contribution in [3.8, 4) is 11.5 Å². The minimum Gasteiger partial charge on any atom is -0.478 e. The number of nitrogens with one attached hydrogen (secondary N) is 1. The van der Waals surface area contributed by atoms with E-state index in [1.165, 1.54) is 18.5 Å². The van der Waals surface area contributed by atoms with E-state index in [4.69, 9.17) is 31.3 Å². The summed E-state index contributed by atoms with van der Waals surface area (Å²) in [6.07, 6.45) is 3.39. The van der Waals surface area contributed by atoms with Crippen molar-refractivity contribution in [1.82, 2.24) is 14.5 Å². The first kappa shape index (κ1) is 25.3. The van der Waals surface area contributed by atoms with Gasteiger partial charge in [0.25, 0.3) is 0 Å². The van der Waals surface area contributed by atoms with Gasteiger partial charge in [0.1, 0.15) is 23.3 Å². The van der Waals surface area contributed by atoms with Gasteiger partial charge in [-0.1, -0.05) is 11.6 Å². The summed E-state index contributed by atoms with van der Waals surface area (Å²) in [5.74, 6) is 0.516. The zero-order valence-electron chi connectivity index (χ0n) is 17.8. The van der Waals surface area contributed by atoms with E-state index in [2.05, 4.69) is 15.3 Å². The van der Waals surface area contributed by atoms with E-state index in [1.54, 1.807) is 30.3 Å². The number of carboxylic acids is 1. The Balaban J connectivity index is 0.00000324. The van der Waals surface area contributed by atoms with Crippen molar-refractivity contribution in [3.63, 3.8) is 0 Å². The lowest BCUT2D eigenvalue weighted by Gasteiger charge is -2.13. The molecule has 0 aliphatic rings. The number of hydrogen-bond donors (Lipinski definition) is 3. The van der Waals surface area contributed by atoms with Gasteiger partial charge >= 0.3 is 5.97 Å². The zero-order chi connectivity index (χ0) is 23.2. The average molecular weight is 505 g/mol. The predicted molar refractivity (Wildman–Crippen MR) is 131 cm³/mol. The van der Waals surface area contributed by atoms with E-state index < -0.39 is 5.97 Å². The van der Waals surface area contributed by atoms with E-state index >= 15 is 0 Å². The van der Waals surface area contributed by atoms with Crippen LogP contribution >= 0.6 is 24.0 Å². The third-order valence-electron chi connectivity index (χ3n) is 4.79. The lowest BCUT2D eigenvalue weighted by molar-refractivity contribution is 0.0697. The number of carbonyl (C=O) groups is 1. The number of ether oxygens (including phenoxy) is 2. The van der Waals surface area contributed by atoms with Crippen molar-refractivity contribution >= 4 is 52.5 Å². The molecule has 0 aliphatic heterocycles. The summed E-state index contributed by atoms with van der Waals surface area (Å²) in [7, 11) is 0. The van der Waals surface area contributed by atoms with Crippen LogP contribution in [0.3, 0.4) is 0 Å². The molecule has 0 atom stereocenters. The highest BCUT2D eigenvalue weighted by atomic mass is 35.5. The van der Waals surface area contributed by atoms with Crippen LogP contribution in [0.4, 0.5) is 11.5 Å². The van der Waals surface area contributed by atoms with Crippen molar-refractivity contribution in [3.05, 3.63) is 71.6 Å². The van der Waals surface area contributed by atoms with Gasteiger partial charge in [0, 0.05) is 18.4 Å². The molecule has 0 radical (unpaired) electrons. The Morgan fingerprint density at radius 3 is 2.59 bits per heavy atom. The number of aromatic carboxylic acids is 1. The molecule has 0 unspecified atom stereocenters. The van der Waals surface area contributed by atoms with Crippen molar-refractivity contribution in [2.75, 3.05) is 25.1 Å². The first-order valence-electron chi connectivity index (χ1n) is 10.1. The first-order chi connectivity index (χ1) is 16.0. The first-order valence-corrected chi connectivity index (χ1v) is 10.5. The number of hydrogen-bond acceptors (Lipinski definition) is 7. The maximum atomic E-state index is 11.0. The Labute approximate surface area is 206 Å². The summed E-state index contributed by atoms with van der Waals surface area (Å²) in [4.78, 5) is 19.7. The molecule has 2 aromatic heterocycles. The third-order valence-corrected chi connectivity index (χ3v) is 5.08. The van der Waals surface area contributed by atoms with Crippen LogP contribution in [0.5, 0.6) is 11.5 Å². The minimum atomic E-state index is -1.00. The molecule has 3 N–H and O–H groups in total. The number of anilines is 2. The Morgan fingerprint density at radius 2 is 1.88 bits per heavy atom. The van der Waals surface area contributed by atoms with E-state index in [0.29, 0.717) is 41.2 Å². The van der Waals surface area contributed by atoms with Crippen LogP contribution in [-0.4, -0.2) is 50.5 Å². The van der Waals surface area contributed by atoms with Crippen molar-refractivity contribution in [2.45, 2.75) is 6.54 Å². The Kier molecular flexibility index (Phi) is 8.67. The Morgan fingerprint density at radius 1 is 1.09 bits per heavy atom. The van der Waals surface area contributed by atoms with Gasteiger partial charge in [-0.25, -0.2) is 14.8 Å². The molecule has 2 aromatic carbocycles. The van der Waals surface area contributed by atoms with Gasteiger partial charge in [-0.15, -0.1) is 12.4 Å². The number of rotatable bonds is 10. The van der Waals surface area contributed by atoms with Crippen LogP contribution in [0.2, 0.25) is 5.02 Å². The monoisotopic (exact) mass is 504 g/mol. The molecule has 9 nitrogen and oxygen atoms in total. The van der Waals surface area contributed by atoms with E-state index in [9.17, 15) is 4.79 Å². The smallest absolute Gasteiger partial charge is 0.335 e. The molecule has 4 aromatic rings. The molecular formula is C23H22Cl2N4O5. The van der Waals surface area contributed by atoms with Crippen molar-refractivity contribution in [2.24, 2.45) is 0 Å². The lowest BCUT2D eigenvalue weighted by Crippen LogP contribution is -2.09. The van der Waals surface area contributed by atoms with E-state index in [-0.39, 0.29) is 31.2 Å². The standard InChI is InChI=1S/C23H21ClN4O5.ClH/c24-18-13-16(3-6-20(18)33-17-4-1-15(2-5-17)23(30)31)27-22-21-19(25-14-26-22)7-8-28(21)9-11-32-12-10-29;/h1-8,13-14,29H,9-12H2,(H,30,31)(H,25,26,27);1H. The van der Waals surface area contributed by atoms with Crippen LogP contribution in [0, 0.1) is 0 Å². The average Bonchev–Trinajstić information content (AvgIpc) is 3.23. The number of benzene rings is 2. The van der Waals surface area contributed by atoms with Crippen LogP contribution in [-0.2, 0) is 11.3 Å². The fourth-order valence-corrected chi connectivity index (χ4v) is 3.45. The summed E-state index contributed by atoms with van der Waals surface area (Å²) in [6.45, 7) is 1.30. The largest absolute Gasteiger partial charge is 0.478 e. The number of aliphatic hydroxyl groups is 1. The summed E-state index contributed by atoms with van der Waals surface area (Å²) in [6, 6.07) is 13.2. The van der Waals surface area contributed by atoms with Gasteiger partial charge in [0.15, 0.2) is 5.82 Å². The van der Waals surface area contributed by atoms with Gasteiger partial charge in [0.05, 0.1) is 35.9 Å². The molecule has 0 saturated heterocycles. The quantitative estimate of drug-likeness (QED) is 0.264. The molecule has 2 heterocycles. The molecule has 0 fully saturated rings. The maximum Gasteiger partial charge on any atom is 0.335 e. The number of aliphatic hydroxyl groups excluding tert-OH is 1. The topological polar surface area (TPSA) is 119 Å². The van der Waals surface area contributed by atoms with Crippen LogP contribution in [0.25, 0.3) is 11.0 Å². The second kappa shape index (κ2) is 11.7. The molecule has 4 rings (SSSR count). The highest BCUT2D eigenvalue weighted by molar-refractivity contribution is 6.32. The number of nitrogens with zero attached hydrogens (tertiary/aromatic N) is 3. The number of halogens is 2.